The van der Waals surface area contributed by atoms with Crippen molar-refractivity contribution in [3.05, 3.63) is 59.7 Å². The van der Waals surface area contributed by atoms with Crippen molar-refractivity contribution in [1.29, 1.82) is 0 Å². The van der Waals surface area contributed by atoms with Crippen LogP contribution in [0.3, 0.4) is 0 Å². The van der Waals surface area contributed by atoms with E-state index in [0.29, 0.717) is 24.9 Å². The number of aliphatic hydroxyl groups excluding tert-OH is 1. The summed E-state index contributed by atoms with van der Waals surface area (Å²) in [7, 11) is -3.54. The van der Waals surface area contributed by atoms with Crippen LogP contribution in [0.4, 0.5) is 5.69 Å². The molecule has 0 radical (unpaired) electrons. The summed E-state index contributed by atoms with van der Waals surface area (Å²) in [4.78, 5) is 10.8. The van der Waals surface area contributed by atoms with E-state index in [1.54, 1.807) is 24.3 Å². The molecule has 0 aromatic heterocycles. The minimum absolute atomic E-state index is 0.0955. The lowest BCUT2D eigenvalue weighted by atomic mass is 9.86. The van der Waals surface area contributed by atoms with Crippen LogP contribution in [0.1, 0.15) is 36.3 Å². The molecule has 4 atom stereocenters. The maximum atomic E-state index is 12.6. The van der Waals surface area contributed by atoms with E-state index in [2.05, 4.69) is 0 Å². The highest BCUT2D eigenvalue weighted by Gasteiger charge is 2.50. The number of para-hydroxylation sites is 2. The summed E-state index contributed by atoms with van der Waals surface area (Å²) in [5, 5.41) is 19.7. The second kappa shape index (κ2) is 8.51. The molecule has 2 aromatic rings. The van der Waals surface area contributed by atoms with E-state index in [4.69, 9.17) is 9.84 Å². The van der Waals surface area contributed by atoms with Gasteiger partial charge in [0, 0.05) is 36.8 Å². The molecule has 166 valence electrons. The van der Waals surface area contributed by atoms with Gasteiger partial charge in [0.1, 0.15) is 11.9 Å². The molecule has 2 aliphatic rings. The molecule has 0 bridgehead atoms. The highest BCUT2D eigenvalue weighted by Crippen LogP contribution is 2.52. The van der Waals surface area contributed by atoms with Crippen molar-refractivity contribution in [2.45, 2.75) is 43.8 Å². The molecule has 1 fully saturated rings. The number of aryl methyl sites for hydroxylation is 1. The molecule has 2 aromatic carbocycles. The molecule has 1 heterocycles. The molecule has 4 rings (SSSR count). The summed E-state index contributed by atoms with van der Waals surface area (Å²) in [6.45, 7) is 0.164. The smallest absolute Gasteiger partial charge is 0.303 e. The molecule has 1 saturated carbocycles. The zero-order valence-electron chi connectivity index (χ0n) is 17.3. The Kier molecular flexibility index (Phi) is 5.94. The van der Waals surface area contributed by atoms with E-state index < -0.39 is 22.1 Å². The van der Waals surface area contributed by atoms with Crippen LogP contribution in [0.5, 0.6) is 5.75 Å². The Morgan fingerprint density at radius 1 is 1.16 bits per heavy atom. The first-order valence-corrected chi connectivity index (χ1v) is 12.3. The maximum Gasteiger partial charge on any atom is 0.303 e. The molecule has 8 heteroatoms. The number of rotatable bonds is 8. The summed E-state index contributed by atoms with van der Waals surface area (Å²) in [5.74, 6) is -0.478. The maximum absolute atomic E-state index is 12.6. The number of benzene rings is 2. The molecule has 0 amide bonds. The minimum Gasteiger partial charge on any atom is -0.489 e. The Hall–Kier alpha value is -2.58. The first-order valence-electron chi connectivity index (χ1n) is 10.5. The Balaban J connectivity index is 1.61. The fourth-order valence-electron chi connectivity index (χ4n) is 4.87. The normalized spacial score (nSPS) is 24.3. The van der Waals surface area contributed by atoms with Gasteiger partial charge in [-0.3, -0.25) is 9.10 Å². The molecule has 1 aliphatic carbocycles. The van der Waals surface area contributed by atoms with Crippen LogP contribution < -0.4 is 9.04 Å². The van der Waals surface area contributed by atoms with Gasteiger partial charge in [0.25, 0.3) is 0 Å². The molecular formula is C23H27NO6S. The molecule has 0 saturated heterocycles. The molecule has 7 nitrogen and oxygen atoms in total. The first-order chi connectivity index (χ1) is 14.8. The van der Waals surface area contributed by atoms with Gasteiger partial charge < -0.3 is 14.9 Å². The summed E-state index contributed by atoms with van der Waals surface area (Å²) in [6, 6.07) is 14.8. The van der Waals surface area contributed by atoms with Gasteiger partial charge >= 0.3 is 5.97 Å². The Bertz CT molecular complexity index is 1050. The summed E-state index contributed by atoms with van der Waals surface area (Å²) < 4.78 is 32.7. The van der Waals surface area contributed by atoms with E-state index in [1.807, 2.05) is 24.3 Å². The standard InChI is InChI=1S/C23H27NO6S/c1-31(28,29)24(16-9-3-2-4-10-16)14-18-19(25)13-20-22(18)17-11-5-7-15(23(17)30-20)8-6-12-21(26)27/h2-5,7,9-11,18-20,22,25H,6,8,12-14H2,1H3,(H,26,27). The Morgan fingerprint density at radius 2 is 1.90 bits per heavy atom. The van der Waals surface area contributed by atoms with E-state index >= 15 is 0 Å². The minimum atomic E-state index is -3.54. The second-order valence-electron chi connectivity index (χ2n) is 8.36. The largest absolute Gasteiger partial charge is 0.489 e. The number of carboxylic acid groups (broad SMARTS) is 1. The van der Waals surface area contributed by atoms with Crippen LogP contribution in [-0.2, 0) is 21.2 Å². The van der Waals surface area contributed by atoms with E-state index in [-0.39, 0.29) is 30.9 Å². The summed E-state index contributed by atoms with van der Waals surface area (Å²) in [6.07, 6.45) is 1.94. The number of carbonyl (C=O) groups is 1. The lowest BCUT2D eigenvalue weighted by Gasteiger charge is -2.29. The number of nitrogens with zero attached hydrogens (tertiary/aromatic N) is 1. The number of hydrogen-bond donors (Lipinski definition) is 2. The molecule has 4 unspecified atom stereocenters. The SMILES string of the molecule is CS(=O)(=O)N(CC1C(O)CC2Oc3c(CCCC(=O)O)cccc3C21)c1ccccc1. The van der Waals surface area contributed by atoms with Crippen LogP contribution in [-0.4, -0.2) is 49.6 Å². The third-order valence-electron chi connectivity index (χ3n) is 6.24. The molecule has 31 heavy (non-hydrogen) atoms. The molecule has 0 spiro atoms. The Labute approximate surface area is 182 Å². The van der Waals surface area contributed by atoms with Crippen LogP contribution in [0.2, 0.25) is 0 Å². The monoisotopic (exact) mass is 445 g/mol. The van der Waals surface area contributed by atoms with Crippen molar-refractivity contribution < 1.29 is 28.2 Å². The first kappa shape index (κ1) is 21.6. The zero-order chi connectivity index (χ0) is 22.2. The number of ether oxygens (including phenoxy) is 1. The van der Waals surface area contributed by atoms with Crippen LogP contribution in [0, 0.1) is 5.92 Å². The second-order valence-corrected chi connectivity index (χ2v) is 10.3. The van der Waals surface area contributed by atoms with E-state index in [1.165, 1.54) is 10.6 Å². The summed E-state index contributed by atoms with van der Waals surface area (Å²) >= 11 is 0. The van der Waals surface area contributed by atoms with Gasteiger partial charge in [-0.25, -0.2) is 8.42 Å². The molecular weight excluding hydrogens is 418 g/mol. The van der Waals surface area contributed by atoms with Crippen molar-refractivity contribution in [2.24, 2.45) is 5.92 Å². The van der Waals surface area contributed by atoms with Gasteiger partial charge in [0.05, 0.1) is 18.0 Å². The number of aliphatic carboxylic acids is 1. The highest BCUT2D eigenvalue weighted by atomic mass is 32.2. The lowest BCUT2D eigenvalue weighted by Crippen LogP contribution is -2.38. The fraction of sp³-hybridized carbons (Fsp3) is 0.435. The predicted octanol–water partition coefficient (Wildman–Crippen LogP) is 2.79. The molecule has 1 aliphatic heterocycles. The van der Waals surface area contributed by atoms with Crippen molar-refractivity contribution >= 4 is 21.7 Å². The summed E-state index contributed by atoms with van der Waals surface area (Å²) in [5.41, 5.74) is 2.51. The number of fused-ring (bicyclic) bond motifs is 3. The topological polar surface area (TPSA) is 104 Å². The number of sulfonamides is 1. The van der Waals surface area contributed by atoms with Gasteiger partial charge in [0.15, 0.2) is 0 Å². The van der Waals surface area contributed by atoms with Gasteiger partial charge in [-0.05, 0) is 30.5 Å². The average molecular weight is 446 g/mol. The van der Waals surface area contributed by atoms with Gasteiger partial charge in [-0.1, -0.05) is 36.4 Å². The van der Waals surface area contributed by atoms with Crippen LogP contribution >= 0.6 is 0 Å². The number of hydrogen-bond acceptors (Lipinski definition) is 5. The van der Waals surface area contributed by atoms with Gasteiger partial charge in [-0.2, -0.15) is 0 Å². The van der Waals surface area contributed by atoms with Crippen molar-refractivity contribution in [3.63, 3.8) is 0 Å². The number of anilines is 1. The van der Waals surface area contributed by atoms with Crippen LogP contribution in [0.15, 0.2) is 48.5 Å². The Morgan fingerprint density at radius 3 is 2.58 bits per heavy atom. The predicted molar refractivity (Wildman–Crippen MR) is 117 cm³/mol. The highest BCUT2D eigenvalue weighted by molar-refractivity contribution is 7.92. The zero-order valence-corrected chi connectivity index (χ0v) is 18.2. The van der Waals surface area contributed by atoms with Crippen molar-refractivity contribution in [2.75, 3.05) is 17.1 Å². The van der Waals surface area contributed by atoms with Crippen molar-refractivity contribution in [1.82, 2.24) is 0 Å². The quantitative estimate of drug-likeness (QED) is 0.648. The van der Waals surface area contributed by atoms with Crippen molar-refractivity contribution in [3.8, 4) is 5.75 Å². The van der Waals surface area contributed by atoms with E-state index in [0.717, 1.165) is 16.9 Å². The van der Waals surface area contributed by atoms with Crippen LogP contribution in [0.25, 0.3) is 0 Å². The third kappa shape index (κ3) is 4.41. The van der Waals surface area contributed by atoms with Gasteiger partial charge in [-0.15, -0.1) is 0 Å². The average Bonchev–Trinajstić information content (AvgIpc) is 3.21. The van der Waals surface area contributed by atoms with E-state index in [9.17, 15) is 18.3 Å². The third-order valence-corrected chi connectivity index (χ3v) is 7.40. The van der Waals surface area contributed by atoms with Gasteiger partial charge in [0.2, 0.25) is 10.0 Å². The molecule has 2 N–H and O–H groups in total. The number of aliphatic hydroxyl groups is 1. The lowest BCUT2D eigenvalue weighted by molar-refractivity contribution is -0.137. The fourth-order valence-corrected chi connectivity index (χ4v) is 5.82. The number of carboxylic acids is 1.